The minimum atomic E-state index is -4.66. The lowest BCUT2D eigenvalue weighted by Gasteiger charge is -2.16. The number of nitrogens with zero attached hydrogens (tertiary/aromatic N) is 1. The molecule has 27 heavy (non-hydrogen) atoms. The van der Waals surface area contributed by atoms with Gasteiger partial charge in [-0.05, 0) is 30.5 Å². The van der Waals surface area contributed by atoms with Gasteiger partial charge in [-0.3, -0.25) is 0 Å². The number of aliphatic imine (C=N–C) groups is 1. The normalized spacial score (nSPS) is 13.7. The van der Waals surface area contributed by atoms with Gasteiger partial charge in [-0.1, -0.05) is 19.9 Å². The predicted octanol–water partition coefficient (Wildman–Crippen LogP) is 2.93. The van der Waals surface area contributed by atoms with Crippen LogP contribution in [0.4, 0.5) is 17.6 Å². The van der Waals surface area contributed by atoms with Gasteiger partial charge in [-0.2, -0.15) is 13.2 Å². The van der Waals surface area contributed by atoms with E-state index in [-0.39, 0.29) is 31.2 Å². The second-order valence-electron chi connectivity index (χ2n) is 6.46. The molecule has 1 rings (SSSR count). The van der Waals surface area contributed by atoms with Crippen LogP contribution in [0.5, 0.6) is 0 Å². The number of aliphatic hydroxyl groups is 1. The summed E-state index contributed by atoms with van der Waals surface area (Å²) in [5.41, 5.74) is -1.19. The lowest BCUT2D eigenvalue weighted by Crippen LogP contribution is -2.42. The number of benzene rings is 1. The van der Waals surface area contributed by atoms with Crippen LogP contribution < -0.4 is 10.6 Å². The molecule has 1 atom stereocenters. The number of halogens is 4. The van der Waals surface area contributed by atoms with E-state index in [0.29, 0.717) is 25.1 Å². The van der Waals surface area contributed by atoms with E-state index in [1.807, 2.05) is 13.8 Å². The summed E-state index contributed by atoms with van der Waals surface area (Å²) in [6.07, 6.45) is -5.45. The van der Waals surface area contributed by atoms with Gasteiger partial charge < -0.3 is 20.5 Å². The zero-order valence-corrected chi connectivity index (χ0v) is 15.7. The molecule has 0 bridgehead atoms. The number of nitrogens with one attached hydrogen (secondary N) is 2. The van der Waals surface area contributed by atoms with E-state index in [9.17, 15) is 22.7 Å². The molecule has 1 aromatic rings. The maximum absolute atomic E-state index is 13.2. The molecular formula is C18H27F4N3O2. The van der Waals surface area contributed by atoms with E-state index in [4.69, 9.17) is 4.74 Å². The molecule has 1 unspecified atom stereocenters. The third-order valence-corrected chi connectivity index (χ3v) is 3.40. The van der Waals surface area contributed by atoms with Gasteiger partial charge in [0, 0.05) is 19.7 Å². The van der Waals surface area contributed by atoms with Gasteiger partial charge in [0.1, 0.15) is 5.82 Å². The van der Waals surface area contributed by atoms with Crippen LogP contribution in [-0.4, -0.2) is 43.5 Å². The van der Waals surface area contributed by atoms with Crippen LogP contribution in [0.15, 0.2) is 23.2 Å². The Balaban J connectivity index is 2.72. The van der Waals surface area contributed by atoms with Crippen molar-refractivity contribution in [1.29, 1.82) is 0 Å². The van der Waals surface area contributed by atoms with Gasteiger partial charge in [-0.15, -0.1) is 0 Å². The van der Waals surface area contributed by atoms with Crippen molar-refractivity contribution >= 4 is 5.96 Å². The fourth-order valence-electron chi connectivity index (χ4n) is 2.17. The molecule has 0 amide bonds. The van der Waals surface area contributed by atoms with E-state index in [2.05, 4.69) is 15.6 Å². The second kappa shape index (κ2) is 11.1. The van der Waals surface area contributed by atoms with Gasteiger partial charge >= 0.3 is 6.18 Å². The zero-order valence-electron chi connectivity index (χ0n) is 15.7. The lowest BCUT2D eigenvalue weighted by molar-refractivity contribution is -0.138. The van der Waals surface area contributed by atoms with Crippen molar-refractivity contribution in [3.8, 4) is 0 Å². The number of ether oxygens (including phenoxy) is 1. The summed E-state index contributed by atoms with van der Waals surface area (Å²) in [6.45, 7) is 6.77. The van der Waals surface area contributed by atoms with E-state index < -0.39 is 23.7 Å². The maximum atomic E-state index is 13.2. The van der Waals surface area contributed by atoms with Crippen molar-refractivity contribution in [1.82, 2.24) is 10.6 Å². The molecule has 0 fully saturated rings. The van der Waals surface area contributed by atoms with E-state index in [0.717, 1.165) is 12.1 Å². The van der Waals surface area contributed by atoms with E-state index in [1.165, 1.54) is 0 Å². The third-order valence-electron chi connectivity index (χ3n) is 3.40. The number of hydrogen-bond acceptors (Lipinski definition) is 3. The standard InChI is InChI=1S/C18H27F4N3O2/c1-4-23-17(25-9-15(26)11-27-10-12(2)3)24-8-13-5-6-14(19)7-16(13)18(20,21)22/h5-7,12,15,26H,4,8-11H2,1-3H3,(H2,23,24,25). The van der Waals surface area contributed by atoms with Crippen LogP contribution >= 0.6 is 0 Å². The Morgan fingerprint density at radius 1 is 1.22 bits per heavy atom. The highest BCUT2D eigenvalue weighted by Crippen LogP contribution is 2.32. The summed E-state index contributed by atoms with van der Waals surface area (Å²) < 4.78 is 57.6. The molecule has 0 aromatic heterocycles. The smallest absolute Gasteiger partial charge is 0.389 e. The summed E-state index contributed by atoms with van der Waals surface area (Å²) in [5, 5.41) is 15.6. The molecule has 5 nitrogen and oxygen atoms in total. The Kier molecular flexibility index (Phi) is 9.51. The Labute approximate surface area is 156 Å². The highest BCUT2D eigenvalue weighted by Gasteiger charge is 2.33. The van der Waals surface area contributed by atoms with Gasteiger partial charge in [0.2, 0.25) is 0 Å². The lowest BCUT2D eigenvalue weighted by atomic mass is 10.1. The average molecular weight is 393 g/mol. The summed E-state index contributed by atoms with van der Waals surface area (Å²) >= 11 is 0. The molecular weight excluding hydrogens is 366 g/mol. The average Bonchev–Trinajstić information content (AvgIpc) is 2.57. The zero-order chi connectivity index (χ0) is 20.4. The molecule has 0 aliphatic rings. The Morgan fingerprint density at radius 3 is 2.52 bits per heavy atom. The van der Waals surface area contributed by atoms with Crippen molar-refractivity contribution in [2.75, 3.05) is 26.3 Å². The molecule has 0 radical (unpaired) electrons. The van der Waals surface area contributed by atoms with Crippen LogP contribution in [0.1, 0.15) is 31.9 Å². The third kappa shape index (κ3) is 9.05. The first-order valence-electron chi connectivity index (χ1n) is 8.77. The molecule has 154 valence electrons. The molecule has 9 heteroatoms. The number of hydrogen-bond donors (Lipinski definition) is 3. The summed E-state index contributed by atoms with van der Waals surface area (Å²) in [4.78, 5) is 4.09. The first-order valence-corrected chi connectivity index (χ1v) is 8.77. The summed E-state index contributed by atoms with van der Waals surface area (Å²) in [5.74, 6) is -0.356. The molecule has 3 N–H and O–H groups in total. The van der Waals surface area contributed by atoms with Crippen LogP contribution in [-0.2, 0) is 17.5 Å². The van der Waals surface area contributed by atoms with Crippen molar-refractivity contribution in [2.24, 2.45) is 10.9 Å². The first kappa shape index (κ1) is 23.2. The quantitative estimate of drug-likeness (QED) is 0.343. The van der Waals surface area contributed by atoms with Gasteiger partial charge in [-0.25, -0.2) is 9.38 Å². The highest BCUT2D eigenvalue weighted by atomic mass is 19.4. The Bertz CT molecular complexity index is 607. The van der Waals surface area contributed by atoms with Crippen LogP contribution in [0.25, 0.3) is 0 Å². The van der Waals surface area contributed by atoms with Crippen LogP contribution in [0, 0.1) is 11.7 Å². The summed E-state index contributed by atoms with van der Waals surface area (Å²) in [7, 11) is 0. The predicted molar refractivity (Wildman–Crippen MR) is 95.9 cm³/mol. The Morgan fingerprint density at radius 2 is 1.93 bits per heavy atom. The minimum Gasteiger partial charge on any atom is -0.389 e. The SMILES string of the molecule is CCNC(=NCc1ccc(F)cc1C(F)(F)F)NCC(O)COCC(C)C. The molecule has 0 saturated carbocycles. The number of alkyl halides is 3. The molecule has 0 aliphatic carbocycles. The molecule has 0 aliphatic heterocycles. The van der Waals surface area contributed by atoms with Gasteiger partial charge in [0.05, 0.1) is 24.8 Å². The van der Waals surface area contributed by atoms with Crippen molar-refractivity contribution in [3.05, 3.63) is 35.1 Å². The maximum Gasteiger partial charge on any atom is 0.416 e. The Hall–Kier alpha value is -1.87. The topological polar surface area (TPSA) is 65.9 Å². The van der Waals surface area contributed by atoms with Gasteiger partial charge in [0.15, 0.2) is 5.96 Å². The number of aliphatic hydroxyl groups excluding tert-OH is 1. The molecule has 0 saturated heterocycles. The largest absolute Gasteiger partial charge is 0.416 e. The molecule has 0 heterocycles. The molecule has 0 spiro atoms. The fourth-order valence-corrected chi connectivity index (χ4v) is 2.17. The van der Waals surface area contributed by atoms with Crippen molar-refractivity contribution in [2.45, 2.75) is 39.6 Å². The van der Waals surface area contributed by atoms with E-state index >= 15 is 0 Å². The second-order valence-corrected chi connectivity index (χ2v) is 6.46. The number of guanidine groups is 1. The van der Waals surface area contributed by atoms with Crippen molar-refractivity contribution < 1.29 is 27.4 Å². The van der Waals surface area contributed by atoms with Crippen LogP contribution in [0.3, 0.4) is 0 Å². The summed E-state index contributed by atoms with van der Waals surface area (Å²) in [6, 6.07) is 2.50. The molecule has 1 aromatic carbocycles. The first-order chi connectivity index (χ1) is 12.6. The highest BCUT2D eigenvalue weighted by molar-refractivity contribution is 5.79. The fraction of sp³-hybridized carbons (Fsp3) is 0.611. The van der Waals surface area contributed by atoms with E-state index in [1.54, 1.807) is 6.92 Å². The number of rotatable bonds is 9. The van der Waals surface area contributed by atoms with Gasteiger partial charge in [0.25, 0.3) is 0 Å². The minimum absolute atomic E-state index is 0.124. The monoisotopic (exact) mass is 393 g/mol. The van der Waals surface area contributed by atoms with Crippen molar-refractivity contribution in [3.63, 3.8) is 0 Å². The van der Waals surface area contributed by atoms with Crippen LogP contribution in [0.2, 0.25) is 0 Å².